The van der Waals surface area contributed by atoms with Crippen LogP contribution in [0.4, 0.5) is 5.69 Å². The first-order chi connectivity index (χ1) is 13.7. The lowest BCUT2D eigenvalue weighted by Crippen LogP contribution is -2.40. The van der Waals surface area contributed by atoms with Gasteiger partial charge in [-0.05, 0) is 37.5 Å². The molecule has 2 aliphatic heterocycles. The minimum absolute atomic E-state index is 0.373. The Kier molecular flexibility index (Phi) is 3.83. The molecule has 1 aromatic carbocycles. The van der Waals surface area contributed by atoms with E-state index >= 15 is 0 Å². The number of nitrogens with one attached hydrogen (secondary N) is 2. The number of hydrogen-bond acceptors (Lipinski definition) is 8. The van der Waals surface area contributed by atoms with Gasteiger partial charge in [-0.1, -0.05) is 6.07 Å². The summed E-state index contributed by atoms with van der Waals surface area (Å²) in [5, 5.41) is 30.4. The third-order valence-electron chi connectivity index (χ3n) is 4.93. The molecule has 3 aliphatic rings. The van der Waals surface area contributed by atoms with E-state index < -0.39 is 0 Å². The van der Waals surface area contributed by atoms with Crippen molar-refractivity contribution in [1.82, 2.24) is 25.1 Å². The highest BCUT2D eigenvalue weighted by molar-refractivity contribution is 6.13. The number of aryl methyl sites for hydroxylation is 1. The average molecular weight is 373 g/mol. The summed E-state index contributed by atoms with van der Waals surface area (Å²) in [4.78, 5) is 4.51. The second-order valence-electron chi connectivity index (χ2n) is 7.11. The van der Waals surface area contributed by atoms with E-state index in [0.717, 1.165) is 41.3 Å². The number of nitriles is 1. The quantitative estimate of drug-likeness (QED) is 0.842. The van der Waals surface area contributed by atoms with Gasteiger partial charge in [-0.15, -0.1) is 10.2 Å². The topological polar surface area (TPSA) is 107 Å². The molecule has 0 bridgehead atoms. The fourth-order valence-corrected chi connectivity index (χ4v) is 3.29. The Labute approximate surface area is 162 Å². The van der Waals surface area contributed by atoms with Gasteiger partial charge >= 0.3 is 0 Å². The number of nitrogens with zero attached hydrogens (tertiary/aromatic N) is 7. The Morgan fingerprint density at radius 1 is 1.21 bits per heavy atom. The summed E-state index contributed by atoms with van der Waals surface area (Å²) in [6.07, 6.45) is 7.63. The second-order valence-corrected chi connectivity index (χ2v) is 7.11. The Hall–Kier alpha value is -3.67. The molecule has 1 aliphatic carbocycles. The van der Waals surface area contributed by atoms with Gasteiger partial charge in [0, 0.05) is 17.8 Å². The number of hydrazone groups is 1. The molecule has 9 nitrogen and oxygen atoms in total. The summed E-state index contributed by atoms with van der Waals surface area (Å²) in [6.45, 7) is 2.48. The molecular weight excluding hydrogens is 354 g/mol. The molecule has 0 saturated heterocycles. The molecular formula is C19H19N9. The highest BCUT2D eigenvalue weighted by atomic mass is 15.5. The lowest BCUT2D eigenvalue weighted by Gasteiger charge is -2.26. The summed E-state index contributed by atoms with van der Waals surface area (Å²) in [5.74, 6) is 1.42. The number of hydrogen-bond donors (Lipinski definition) is 2. The smallest absolute Gasteiger partial charge is 0.169 e. The van der Waals surface area contributed by atoms with Crippen LogP contribution in [0, 0.1) is 18.3 Å². The van der Waals surface area contributed by atoms with Crippen molar-refractivity contribution >= 4 is 17.4 Å². The van der Waals surface area contributed by atoms with E-state index in [2.05, 4.69) is 37.0 Å². The van der Waals surface area contributed by atoms with Crippen molar-refractivity contribution in [2.45, 2.75) is 31.8 Å². The van der Waals surface area contributed by atoms with Crippen LogP contribution in [0.25, 0.3) is 5.69 Å². The minimum Gasteiger partial charge on any atom is -0.379 e. The second kappa shape index (κ2) is 6.49. The minimum atomic E-state index is -0.373. The monoisotopic (exact) mass is 373 g/mol. The Balaban J connectivity index is 1.45. The molecule has 1 unspecified atom stereocenters. The van der Waals surface area contributed by atoms with Crippen LogP contribution in [0.15, 0.2) is 52.7 Å². The molecule has 2 aromatic rings. The summed E-state index contributed by atoms with van der Waals surface area (Å²) in [6, 6.07) is 8.45. The molecule has 0 radical (unpaired) electrons. The first-order valence-electron chi connectivity index (χ1n) is 9.24. The Morgan fingerprint density at radius 2 is 2.04 bits per heavy atom. The molecule has 1 aromatic heterocycles. The van der Waals surface area contributed by atoms with Crippen molar-refractivity contribution in [3.63, 3.8) is 0 Å². The molecule has 1 saturated carbocycles. The lowest BCUT2D eigenvalue weighted by atomic mass is 10.1. The molecule has 0 amide bonds. The van der Waals surface area contributed by atoms with E-state index in [1.807, 2.05) is 35.8 Å². The van der Waals surface area contributed by atoms with Crippen molar-refractivity contribution in [2.24, 2.45) is 10.1 Å². The van der Waals surface area contributed by atoms with Crippen LogP contribution in [0.5, 0.6) is 0 Å². The van der Waals surface area contributed by atoms with Crippen molar-refractivity contribution in [3.05, 3.63) is 48.2 Å². The van der Waals surface area contributed by atoms with Crippen LogP contribution in [0.2, 0.25) is 0 Å². The van der Waals surface area contributed by atoms with Crippen molar-refractivity contribution < 1.29 is 0 Å². The fourth-order valence-electron chi connectivity index (χ4n) is 3.29. The summed E-state index contributed by atoms with van der Waals surface area (Å²) in [5.41, 5.74) is 3.91. The van der Waals surface area contributed by atoms with Crippen LogP contribution in [0.3, 0.4) is 0 Å². The molecule has 3 heterocycles. The Morgan fingerprint density at radius 3 is 2.79 bits per heavy atom. The number of aliphatic imine (C=N–C) groups is 1. The molecule has 1 fully saturated rings. The zero-order valence-electron chi connectivity index (χ0n) is 15.4. The maximum absolute atomic E-state index is 9.42. The van der Waals surface area contributed by atoms with Crippen LogP contribution in [0.1, 0.15) is 18.4 Å². The number of anilines is 1. The van der Waals surface area contributed by atoms with Gasteiger partial charge in [0.05, 0.1) is 24.0 Å². The van der Waals surface area contributed by atoms with Crippen LogP contribution in [-0.4, -0.2) is 50.1 Å². The summed E-state index contributed by atoms with van der Waals surface area (Å²) in [7, 11) is 0. The van der Waals surface area contributed by atoms with Gasteiger partial charge in [-0.2, -0.15) is 10.4 Å². The van der Waals surface area contributed by atoms with E-state index in [9.17, 15) is 5.26 Å². The molecule has 9 heteroatoms. The third-order valence-corrected chi connectivity index (χ3v) is 4.93. The van der Waals surface area contributed by atoms with Gasteiger partial charge in [0.2, 0.25) is 0 Å². The van der Waals surface area contributed by atoms with E-state index in [-0.39, 0.29) is 6.04 Å². The molecule has 5 rings (SSSR count). The Bertz CT molecular complexity index is 1040. The summed E-state index contributed by atoms with van der Waals surface area (Å²) >= 11 is 0. The SMILES string of the molecule is Cc1ccc(NC2=NN3C(=NCC3C#N)C(NC3CC3)=C2)cc1-n1cnnc1. The van der Waals surface area contributed by atoms with Crippen molar-refractivity contribution in [2.75, 3.05) is 11.9 Å². The van der Waals surface area contributed by atoms with Crippen molar-refractivity contribution in [1.29, 1.82) is 5.26 Å². The average Bonchev–Trinajstić information content (AvgIpc) is 3.18. The number of amidine groups is 2. The van der Waals surface area contributed by atoms with E-state index in [4.69, 9.17) is 0 Å². The molecule has 1 atom stereocenters. The number of rotatable bonds is 4. The standard InChI is InChI=1S/C19H19N9/c1-12-2-3-14(6-17(12)27-10-22-23-11-27)25-18-7-16(24-13-4-5-13)19-21-9-15(8-20)28(19)26-18/h2-3,6-7,10-11,13,15,24H,4-5,9H2,1H3,(H,25,26). The maximum Gasteiger partial charge on any atom is 0.169 e. The third kappa shape index (κ3) is 2.99. The van der Waals surface area contributed by atoms with Crippen LogP contribution < -0.4 is 10.6 Å². The molecule has 2 N–H and O–H groups in total. The largest absolute Gasteiger partial charge is 0.379 e. The maximum atomic E-state index is 9.42. The molecule has 0 spiro atoms. The van der Waals surface area contributed by atoms with Gasteiger partial charge in [-0.25, -0.2) is 5.01 Å². The lowest BCUT2D eigenvalue weighted by molar-refractivity contribution is 0.417. The predicted octanol–water partition coefficient (Wildman–Crippen LogP) is 1.56. The molecule has 140 valence electrons. The van der Waals surface area contributed by atoms with Crippen molar-refractivity contribution in [3.8, 4) is 11.8 Å². The first-order valence-corrected chi connectivity index (χ1v) is 9.24. The van der Waals surface area contributed by atoms with Gasteiger partial charge in [0.15, 0.2) is 17.7 Å². The molecule has 28 heavy (non-hydrogen) atoms. The number of benzene rings is 1. The van der Waals surface area contributed by atoms with E-state index in [1.54, 1.807) is 17.7 Å². The highest BCUT2D eigenvalue weighted by Gasteiger charge is 2.35. The van der Waals surface area contributed by atoms with Gasteiger partial charge in [0.1, 0.15) is 12.7 Å². The highest BCUT2D eigenvalue weighted by Crippen LogP contribution is 2.26. The fraction of sp³-hybridized carbons (Fsp3) is 0.316. The number of aromatic nitrogens is 3. The van der Waals surface area contributed by atoms with E-state index in [0.29, 0.717) is 18.4 Å². The zero-order chi connectivity index (χ0) is 19.1. The number of fused-ring (bicyclic) bond motifs is 1. The van der Waals surface area contributed by atoms with E-state index in [1.165, 1.54) is 0 Å². The van der Waals surface area contributed by atoms with Crippen LogP contribution in [-0.2, 0) is 0 Å². The zero-order valence-corrected chi connectivity index (χ0v) is 15.4. The normalized spacial score (nSPS) is 20.6. The van der Waals surface area contributed by atoms with Gasteiger partial charge < -0.3 is 10.6 Å². The first kappa shape index (κ1) is 16.5. The van der Waals surface area contributed by atoms with Gasteiger partial charge in [0.25, 0.3) is 0 Å². The van der Waals surface area contributed by atoms with Gasteiger partial charge in [-0.3, -0.25) is 9.56 Å². The van der Waals surface area contributed by atoms with Crippen LogP contribution >= 0.6 is 0 Å². The predicted molar refractivity (Wildman–Crippen MR) is 105 cm³/mol. The summed E-state index contributed by atoms with van der Waals surface area (Å²) < 4.78 is 1.87.